The molecule has 1 aromatic carbocycles. The molecule has 0 bridgehead atoms. The van der Waals surface area contributed by atoms with Crippen molar-refractivity contribution in [3.05, 3.63) is 33.8 Å². The summed E-state index contributed by atoms with van der Waals surface area (Å²) >= 11 is 2.95. The SMILES string of the molecule is CC(C(=O)O)c1ccc(C(F)(F)F)cc1Br. The lowest BCUT2D eigenvalue weighted by Crippen LogP contribution is -2.10. The topological polar surface area (TPSA) is 37.3 Å². The first-order valence-electron chi connectivity index (χ1n) is 4.33. The Morgan fingerprint density at radius 2 is 2.00 bits per heavy atom. The summed E-state index contributed by atoms with van der Waals surface area (Å²) in [4.78, 5) is 10.7. The van der Waals surface area contributed by atoms with Gasteiger partial charge in [0.2, 0.25) is 0 Å². The monoisotopic (exact) mass is 296 g/mol. The minimum absolute atomic E-state index is 0.150. The molecule has 0 aliphatic rings. The lowest BCUT2D eigenvalue weighted by Gasteiger charge is -2.12. The molecule has 0 saturated carbocycles. The average Bonchev–Trinajstić information content (AvgIpc) is 2.15. The van der Waals surface area contributed by atoms with Gasteiger partial charge in [-0.05, 0) is 24.6 Å². The number of carboxylic acid groups (broad SMARTS) is 1. The molecule has 1 atom stereocenters. The molecular formula is C10H8BrF3O2. The fourth-order valence-electron chi connectivity index (χ4n) is 1.19. The summed E-state index contributed by atoms with van der Waals surface area (Å²) in [7, 11) is 0. The minimum Gasteiger partial charge on any atom is -0.481 e. The van der Waals surface area contributed by atoms with Gasteiger partial charge >= 0.3 is 12.1 Å². The third kappa shape index (κ3) is 2.75. The molecule has 1 unspecified atom stereocenters. The van der Waals surface area contributed by atoms with Gasteiger partial charge < -0.3 is 5.11 Å². The predicted octanol–water partition coefficient (Wildman–Crippen LogP) is 3.66. The van der Waals surface area contributed by atoms with Crippen LogP contribution in [-0.4, -0.2) is 11.1 Å². The molecule has 1 aromatic rings. The zero-order valence-electron chi connectivity index (χ0n) is 8.18. The molecule has 0 fully saturated rings. The van der Waals surface area contributed by atoms with Crippen LogP contribution in [0, 0.1) is 0 Å². The second-order valence-corrected chi connectivity index (χ2v) is 4.15. The summed E-state index contributed by atoms with van der Waals surface area (Å²) in [6.07, 6.45) is -4.42. The smallest absolute Gasteiger partial charge is 0.416 e. The van der Waals surface area contributed by atoms with Crippen LogP contribution in [0.2, 0.25) is 0 Å². The van der Waals surface area contributed by atoms with Crippen molar-refractivity contribution < 1.29 is 23.1 Å². The quantitative estimate of drug-likeness (QED) is 0.904. The molecule has 1 rings (SSSR count). The fraction of sp³-hybridized carbons (Fsp3) is 0.300. The van der Waals surface area contributed by atoms with E-state index < -0.39 is 23.6 Å². The van der Waals surface area contributed by atoms with Crippen molar-refractivity contribution in [2.45, 2.75) is 19.0 Å². The summed E-state index contributed by atoms with van der Waals surface area (Å²) in [5.41, 5.74) is -0.485. The Balaban J connectivity index is 3.15. The minimum atomic E-state index is -4.42. The number of hydrogen-bond acceptors (Lipinski definition) is 1. The molecule has 0 saturated heterocycles. The molecule has 1 N–H and O–H groups in total. The number of halogens is 4. The second-order valence-electron chi connectivity index (χ2n) is 3.29. The second kappa shape index (κ2) is 4.45. The highest BCUT2D eigenvalue weighted by Gasteiger charge is 2.31. The van der Waals surface area contributed by atoms with Crippen molar-refractivity contribution in [2.24, 2.45) is 0 Å². The first-order valence-corrected chi connectivity index (χ1v) is 5.12. The van der Waals surface area contributed by atoms with E-state index in [1.807, 2.05) is 0 Å². The summed E-state index contributed by atoms with van der Waals surface area (Å²) in [5.74, 6) is -1.93. The molecule has 0 spiro atoms. The average molecular weight is 297 g/mol. The van der Waals surface area contributed by atoms with Crippen LogP contribution >= 0.6 is 15.9 Å². The van der Waals surface area contributed by atoms with E-state index in [-0.39, 0.29) is 4.47 Å². The normalized spacial score (nSPS) is 13.6. The van der Waals surface area contributed by atoms with E-state index in [1.165, 1.54) is 13.0 Å². The van der Waals surface area contributed by atoms with Gasteiger partial charge in [-0.15, -0.1) is 0 Å². The van der Waals surface area contributed by atoms with Crippen LogP contribution in [0.1, 0.15) is 24.0 Å². The third-order valence-electron chi connectivity index (χ3n) is 2.16. The third-order valence-corrected chi connectivity index (χ3v) is 2.85. The Labute approximate surface area is 98.2 Å². The van der Waals surface area contributed by atoms with E-state index in [0.29, 0.717) is 5.56 Å². The van der Waals surface area contributed by atoms with Crippen LogP contribution in [-0.2, 0) is 11.0 Å². The number of alkyl halides is 3. The van der Waals surface area contributed by atoms with Gasteiger partial charge in [-0.25, -0.2) is 0 Å². The zero-order valence-corrected chi connectivity index (χ0v) is 9.76. The molecule has 2 nitrogen and oxygen atoms in total. The Hall–Kier alpha value is -1.04. The van der Waals surface area contributed by atoms with Crippen molar-refractivity contribution in [3.8, 4) is 0 Å². The lowest BCUT2D eigenvalue weighted by atomic mass is 10.00. The maximum absolute atomic E-state index is 12.3. The fourth-order valence-corrected chi connectivity index (χ4v) is 1.91. The maximum Gasteiger partial charge on any atom is 0.416 e. The Morgan fingerprint density at radius 3 is 2.38 bits per heavy atom. The summed E-state index contributed by atoms with van der Waals surface area (Å²) < 4.78 is 37.1. The van der Waals surface area contributed by atoms with Crippen molar-refractivity contribution in [1.82, 2.24) is 0 Å². The molecule has 0 aliphatic carbocycles. The number of carbonyl (C=O) groups is 1. The van der Waals surface area contributed by atoms with Crippen LogP contribution < -0.4 is 0 Å². The predicted molar refractivity (Wildman–Crippen MR) is 55.2 cm³/mol. The van der Waals surface area contributed by atoms with Crippen LogP contribution in [0.4, 0.5) is 13.2 Å². The van der Waals surface area contributed by atoms with E-state index in [9.17, 15) is 18.0 Å². The Morgan fingerprint density at radius 1 is 1.44 bits per heavy atom. The summed E-state index contributed by atoms with van der Waals surface area (Å²) in [5, 5.41) is 8.75. The van der Waals surface area contributed by atoms with Gasteiger partial charge in [0.15, 0.2) is 0 Å². The number of hydrogen-bond donors (Lipinski definition) is 1. The van der Waals surface area contributed by atoms with Gasteiger partial charge in [0, 0.05) is 4.47 Å². The maximum atomic E-state index is 12.3. The highest BCUT2D eigenvalue weighted by atomic mass is 79.9. The van der Waals surface area contributed by atoms with Gasteiger partial charge in [0.25, 0.3) is 0 Å². The van der Waals surface area contributed by atoms with Crippen molar-refractivity contribution in [1.29, 1.82) is 0 Å². The van der Waals surface area contributed by atoms with Crippen molar-refractivity contribution in [3.63, 3.8) is 0 Å². The van der Waals surface area contributed by atoms with E-state index >= 15 is 0 Å². The van der Waals surface area contributed by atoms with Crippen LogP contribution in [0.25, 0.3) is 0 Å². The van der Waals surface area contributed by atoms with Gasteiger partial charge in [0.1, 0.15) is 0 Å². The standard InChI is InChI=1S/C10H8BrF3O2/c1-5(9(15)16)7-3-2-6(4-8(7)11)10(12,13)14/h2-5H,1H3,(H,15,16). The van der Waals surface area contributed by atoms with Crippen LogP contribution in [0.15, 0.2) is 22.7 Å². The number of carboxylic acids is 1. The molecule has 16 heavy (non-hydrogen) atoms. The molecule has 0 heterocycles. The molecule has 0 radical (unpaired) electrons. The van der Waals surface area contributed by atoms with Crippen molar-refractivity contribution >= 4 is 21.9 Å². The van der Waals surface area contributed by atoms with E-state index in [2.05, 4.69) is 15.9 Å². The highest BCUT2D eigenvalue weighted by molar-refractivity contribution is 9.10. The van der Waals surface area contributed by atoms with E-state index in [1.54, 1.807) is 0 Å². The molecule has 0 aliphatic heterocycles. The molecule has 88 valence electrons. The van der Waals surface area contributed by atoms with Gasteiger partial charge in [0.05, 0.1) is 11.5 Å². The van der Waals surface area contributed by atoms with Gasteiger partial charge in [-0.2, -0.15) is 13.2 Å². The first-order chi connectivity index (χ1) is 7.23. The van der Waals surface area contributed by atoms with E-state index in [4.69, 9.17) is 5.11 Å². The Bertz CT molecular complexity index is 415. The van der Waals surface area contributed by atoms with E-state index in [0.717, 1.165) is 12.1 Å². The largest absolute Gasteiger partial charge is 0.481 e. The molecule has 0 aromatic heterocycles. The molecule has 0 amide bonds. The number of rotatable bonds is 2. The number of aliphatic carboxylic acids is 1. The molecular weight excluding hydrogens is 289 g/mol. The summed E-state index contributed by atoms with van der Waals surface area (Å²) in [6, 6.07) is 2.93. The van der Waals surface area contributed by atoms with Gasteiger partial charge in [-0.1, -0.05) is 22.0 Å². The van der Waals surface area contributed by atoms with Crippen LogP contribution in [0.5, 0.6) is 0 Å². The first kappa shape index (κ1) is 13.0. The van der Waals surface area contributed by atoms with Crippen molar-refractivity contribution in [2.75, 3.05) is 0 Å². The lowest BCUT2D eigenvalue weighted by molar-refractivity contribution is -0.138. The zero-order chi connectivity index (χ0) is 12.5. The Kier molecular flexibility index (Phi) is 3.62. The number of benzene rings is 1. The van der Waals surface area contributed by atoms with Gasteiger partial charge in [-0.3, -0.25) is 4.79 Å². The summed E-state index contributed by atoms with van der Waals surface area (Å²) in [6.45, 7) is 1.41. The van der Waals surface area contributed by atoms with Crippen LogP contribution in [0.3, 0.4) is 0 Å². The highest BCUT2D eigenvalue weighted by Crippen LogP contribution is 2.34. The molecule has 6 heteroatoms.